The molecule has 1 saturated carbocycles. The summed E-state index contributed by atoms with van der Waals surface area (Å²) >= 11 is 0. The fourth-order valence-corrected chi connectivity index (χ4v) is 4.32. The maximum atomic E-state index is 13.2. The Morgan fingerprint density at radius 2 is 1.97 bits per heavy atom. The monoisotopic (exact) mass is 457 g/mol. The molecule has 0 saturated heterocycles. The number of fused-ring (bicyclic) bond motifs is 2. The zero-order chi connectivity index (χ0) is 23.2. The maximum absolute atomic E-state index is 13.2. The molecular formula is C24H20FN7O2. The number of halogens is 1. The molecule has 3 aromatic heterocycles. The smallest absolute Gasteiger partial charge is 0.279 e. The summed E-state index contributed by atoms with van der Waals surface area (Å²) < 4.78 is 13.1. The second kappa shape index (κ2) is 7.98. The summed E-state index contributed by atoms with van der Waals surface area (Å²) in [6, 6.07) is 9.98. The van der Waals surface area contributed by atoms with Crippen molar-refractivity contribution < 1.29 is 14.0 Å². The minimum absolute atomic E-state index is 0.0841. The van der Waals surface area contributed by atoms with Crippen molar-refractivity contribution in [1.82, 2.24) is 20.0 Å². The molecule has 9 nitrogen and oxygen atoms in total. The van der Waals surface area contributed by atoms with E-state index in [1.807, 2.05) is 12.1 Å². The van der Waals surface area contributed by atoms with Gasteiger partial charge < -0.3 is 10.2 Å². The van der Waals surface area contributed by atoms with Crippen LogP contribution in [0.2, 0.25) is 0 Å². The van der Waals surface area contributed by atoms with E-state index in [4.69, 9.17) is 0 Å². The van der Waals surface area contributed by atoms with E-state index in [-0.39, 0.29) is 24.2 Å². The van der Waals surface area contributed by atoms with Crippen LogP contribution in [0.1, 0.15) is 46.8 Å². The number of anilines is 2. The van der Waals surface area contributed by atoms with E-state index in [2.05, 4.69) is 25.4 Å². The molecular weight excluding hydrogens is 437 g/mol. The highest BCUT2D eigenvalue weighted by Gasteiger charge is 2.43. The lowest BCUT2D eigenvalue weighted by Crippen LogP contribution is -2.53. The van der Waals surface area contributed by atoms with Crippen LogP contribution >= 0.6 is 0 Å². The first-order valence-corrected chi connectivity index (χ1v) is 11.1. The Bertz CT molecular complexity index is 1310. The topological polar surface area (TPSA) is 104 Å². The normalized spacial score (nSPS) is 18.9. The average molecular weight is 457 g/mol. The van der Waals surface area contributed by atoms with Crippen molar-refractivity contribution >= 4 is 29.2 Å². The van der Waals surface area contributed by atoms with Crippen molar-refractivity contribution in [2.45, 2.75) is 31.3 Å². The van der Waals surface area contributed by atoms with Crippen LogP contribution in [0, 0.1) is 5.82 Å². The lowest BCUT2D eigenvalue weighted by Gasteiger charge is -2.38. The first-order valence-electron chi connectivity index (χ1n) is 11.1. The first kappa shape index (κ1) is 20.4. The lowest BCUT2D eigenvalue weighted by molar-refractivity contribution is -0.115. The summed E-state index contributed by atoms with van der Waals surface area (Å²) in [4.78, 5) is 40.6. The van der Waals surface area contributed by atoms with Crippen molar-refractivity contribution in [3.05, 3.63) is 77.6 Å². The van der Waals surface area contributed by atoms with E-state index in [0.29, 0.717) is 23.7 Å². The number of amides is 2. The molecule has 3 aromatic rings. The molecule has 2 amide bonds. The van der Waals surface area contributed by atoms with Gasteiger partial charge in [0.05, 0.1) is 17.5 Å². The fraction of sp³-hybridized carbons (Fsp3) is 0.250. The number of carbonyl (C=O) groups excluding carboxylic acids is 2. The molecule has 2 aliphatic heterocycles. The molecule has 1 atom stereocenters. The molecule has 3 aliphatic rings. The van der Waals surface area contributed by atoms with Crippen LogP contribution in [0.3, 0.4) is 0 Å². The van der Waals surface area contributed by atoms with Gasteiger partial charge in [-0.15, -0.1) is 0 Å². The van der Waals surface area contributed by atoms with Crippen LogP contribution < -0.4 is 10.2 Å². The van der Waals surface area contributed by atoms with Crippen molar-refractivity contribution in [1.29, 1.82) is 0 Å². The molecule has 1 aliphatic carbocycles. The second-order valence-electron chi connectivity index (χ2n) is 8.54. The predicted molar refractivity (Wildman–Crippen MR) is 122 cm³/mol. The largest absolute Gasteiger partial charge is 0.324 e. The number of carbonyl (C=O) groups is 2. The standard InChI is InChI=1S/C24H20FN7O2/c25-16-6-8-20(28-12-16)29-21(33)13-31-22-10-19(15-5-7-18(27-11-15)14-3-4-14)30-32(22)24(34)17-2-1-9-26-23(17)31/h1-2,5-9,11-12,14,22H,3-4,10,13H2,(H,28,29,33). The summed E-state index contributed by atoms with van der Waals surface area (Å²) in [5, 5.41) is 8.69. The van der Waals surface area contributed by atoms with Crippen molar-refractivity contribution in [2.75, 3.05) is 16.8 Å². The molecule has 0 radical (unpaired) electrons. The van der Waals surface area contributed by atoms with Gasteiger partial charge in [0.1, 0.15) is 30.2 Å². The Morgan fingerprint density at radius 1 is 1.09 bits per heavy atom. The van der Waals surface area contributed by atoms with Gasteiger partial charge in [0.25, 0.3) is 5.91 Å². The molecule has 34 heavy (non-hydrogen) atoms. The second-order valence-corrected chi connectivity index (χ2v) is 8.54. The van der Waals surface area contributed by atoms with Gasteiger partial charge in [-0.25, -0.2) is 19.4 Å². The highest BCUT2D eigenvalue weighted by molar-refractivity contribution is 6.08. The average Bonchev–Trinajstić information content (AvgIpc) is 3.61. The third kappa shape index (κ3) is 3.66. The SMILES string of the molecule is O=C(CN1c2ncccc2C(=O)N2N=C(c3ccc(C4CC4)nc3)CC21)Nc1ccc(F)cn1. The number of nitrogens with one attached hydrogen (secondary N) is 1. The summed E-state index contributed by atoms with van der Waals surface area (Å²) in [5.41, 5.74) is 3.04. The molecule has 0 aromatic carbocycles. The Balaban J connectivity index is 1.27. The van der Waals surface area contributed by atoms with Crippen LogP contribution in [0.25, 0.3) is 0 Å². The first-order chi connectivity index (χ1) is 16.6. The van der Waals surface area contributed by atoms with E-state index < -0.39 is 12.0 Å². The molecule has 5 heterocycles. The van der Waals surface area contributed by atoms with E-state index >= 15 is 0 Å². The number of hydrogen-bond acceptors (Lipinski definition) is 7. The molecule has 170 valence electrons. The molecule has 0 spiro atoms. The van der Waals surface area contributed by atoms with E-state index in [1.54, 1.807) is 29.4 Å². The van der Waals surface area contributed by atoms with Crippen LogP contribution in [0.4, 0.5) is 16.0 Å². The zero-order valence-electron chi connectivity index (χ0n) is 18.1. The summed E-state index contributed by atoms with van der Waals surface area (Å²) in [5.74, 6) is 0.100. The predicted octanol–water partition coefficient (Wildman–Crippen LogP) is 2.92. The molecule has 1 unspecified atom stereocenters. The number of hydrazone groups is 1. The van der Waals surface area contributed by atoms with Gasteiger partial charge in [-0.05, 0) is 49.2 Å². The van der Waals surface area contributed by atoms with Crippen molar-refractivity contribution in [3.63, 3.8) is 0 Å². The van der Waals surface area contributed by atoms with E-state index in [9.17, 15) is 14.0 Å². The van der Waals surface area contributed by atoms with Gasteiger partial charge in [-0.1, -0.05) is 0 Å². The zero-order valence-corrected chi connectivity index (χ0v) is 18.1. The van der Waals surface area contributed by atoms with Gasteiger partial charge in [0, 0.05) is 36.0 Å². The molecule has 0 bridgehead atoms. The van der Waals surface area contributed by atoms with E-state index in [0.717, 1.165) is 23.2 Å². The summed E-state index contributed by atoms with van der Waals surface area (Å²) in [6.45, 7) is -0.0841. The molecule has 6 rings (SSSR count). The van der Waals surface area contributed by atoms with Gasteiger partial charge in [0.15, 0.2) is 0 Å². The Kier molecular flexibility index (Phi) is 4.79. The Hall–Kier alpha value is -4.21. The Labute approximate surface area is 194 Å². The van der Waals surface area contributed by atoms with Gasteiger partial charge in [-0.2, -0.15) is 5.10 Å². The highest BCUT2D eigenvalue weighted by atomic mass is 19.1. The van der Waals surface area contributed by atoms with E-state index in [1.165, 1.54) is 30.0 Å². The van der Waals surface area contributed by atoms with Gasteiger partial charge in [-0.3, -0.25) is 14.6 Å². The number of hydrogen-bond donors (Lipinski definition) is 1. The molecule has 10 heteroatoms. The van der Waals surface area contributed by atoms with Crippen molar-refractivity contribution in [3.8, 4) is 0 Å². The lowest BCUT2D eigenvalue weighted by atomic mass is 10.0. The van der Waals surface area contributed by atoms with Crippen LogP contribution in [-0.2, 0) is 4.79 Å². The fourth-order valence-electron chi connectivity index (χ4n) is 4.32. The third-order valence-corrected chi connectivity index (χ3v) is 6.17. The number of aromatic nitrogens is 3. The van der Waals surface area contributed by atoms with Crippen molar-refractivity contribution in [2.24, 2.45) is 5.10 Å². The van der Waals surface area contributed by atoms with Crippen LogP contribution in [-0.4, -0.2) is 50.2 Å². The van der Waals surface area contributed by atoms with Crippen LogP contribution in [0.15, 0.2) is 60.1 Å². The van der Waals surface area contributed by atoms with Crippen LogP contribution in [0.5, 0.6) is 0 Å². The van der Waals surface area contributed by atoms with Gasteiger partial charge >= 0.3 is 0 Å². The summed E-state index contributed by atoms with van der Waals surface area (Å²) in [6.07, 6.45) is 6.70. The minimum Gasteiger partial charge on any atom is -0.324 e. The third-order valence-electron chi connectivity index (χ3n) is 6.17. The maximum Gasteiger partial charge on any atom is 0.279 e. The molecule has 1 fully saturated rings. The minimum atomic E-state index is -0.500. The molecule has 1 N–H and O–H groups in total. The quantitative estimate of drug-likeness (QED) is 0.632. The highest BCUT2D eigenvalue weighted by Crippen LogP contribution is 2.39. The number of nitrogens with zero attached hydrogens (tertiary/aromatic N) is 6. The van der Waals surface area contributed by atoms with Gasteiger partial charge in [0.2, 0.25) is 5.91 Å². The number of rotatable bonds is 5. The Morgan fingerprint density at radius 3 is 2.71 bits per heavy atom. The number of pyridine rings is 3. The summed E-state index contributed by atoms with van der Waals surface area (Å²) in [7, 11) is 0.